The largest absolute Gasteiger partial charge is 0.493 e. The fourth-order valence-electron chi connectivity index (χ4n) is 3.03. The standard InChI is InChI=1S/C23H39BrO3/c1-4-6-8-10-12-14-16-26-21-19-22(25-3)23(18-20(21)24)27-17-15-13-11-9-7-5-2/h18-19H,4-17H2,1-3H3. The lowest BCUT2D eigenvalue weighted by Crippen LogP contribution is -2.02. The molecule has 1 rings (SSSR count). The predicted molar refractivity (Wildman–Crippen MR) is 118 cm³/mol. The first-order valence-corrected chi connectivity index (χ1v) is 11.6. The predicted octanol–water partition coefficient (Wildman–Crippen LogP) is 7.94. The number of halogens is 1. The molecule has 0 fully saturated rings. The zero-order valence-corrected chi connectivity index (χ0v) is 19.2. The van der Waals surface area contributed by atoms with E-state index in [9.17, 15) is 0 Å². The van der Waals surface area contributed by atoms with Crippen molar-refractivity contribution in [1.82, 2.24) is 0 Å². The summed E-state index contributed by atoms with van der Waals surface area (Å²) in [5.41, 5.74) is 0. The molecule has 0 radical (unpaired) electrons. The van der Waals surface area contributed by atoms with Gasteiger partial charge in [-0.15, -0.1) is 0 Å². The minimum atomic E-state index is 0.729. The van der Waals surface area contributed by atoms with Crippen molar-refractivity contribution in [2.45, 2.75) is 90.9 Å². The molecule has 0 aliphatic heterocycles. The molecule has 0 aliphatic rings. The number of unbranched alkanes of at least 4 members (excludes halogenated alkanes) is 10. The Labute approximate surface area is 175 Å². The molecule has 0 atom stereocenters. The van der Waals surface area contributed by atoms with Gasteiger partial charge in [0, 0.05) is 12.1 Å². The Morgan fingerprint density at radius 1 is 0.630 bits per heavy atom. The van der Waals surface area contributed by atoms with E-state index in [0.29, 0.717) is 0 Å². The molecule has 156 valence electrons. The van der Waals surface area contributed by atoms with Crippen molar-refractivity contribution in [2.24, 2.45) is 0 Å². The quantitative estimate of drug-likeness (QED) is 0.229. The van der Waals surface area contributed by atoms with Crippen LogP contribution < -0.4 is 14.2 Å². The van der Waals surface area contributed by atoms with Crippen molar-refractivity contribution in [2.75, 3.05) is 20.3 Å². The van der Waals surface area contributed by atoms with E-state index in [0.717, 1.165) is 47.8 Å². The lowest BCUT2D eigenvalue weighted by atomic mass is 10.1. The van der Waals surface area contributed by atoms with Gasteiger partial charge in [0.2, 0.25) is 0 Å². The molecule has 0 saturated heterocycles. The van der Waals surface area contributed by atoms with E-state index in [-0.39, 0.29) is 0 Å². The van der Waals surface area contributed by atoms with Crippen LogP contribution in [0.1, 0.15) is 90.9 Å². The molecule has 0 spiro atoms. The zero-order chi connectivity index (χ0) is 19.7. The first kappa shape index (κ1) is 24.1. The molecule has 1 aromatic rings. The van der Waals surface area contributed by atoms with Crippen LogP contribution in [-0.4, -0.2) is 20.3 Å². The van der Waals surface area contributed by atoms with Crippen LogP contribution in [0.25, 0.3) is 0 Å². The van der Waals surface area contributed by atoms with Crippen molar-refractivity contribution < 1.29 is 14.2 Å². The van der Waals surface area contributed by atoms with Crippen LogP contribution in [0.3, 0.4) is 0 Å². The Morgan fingerprint density at radius 3 is 1.63 bits per heavy atom. The van der Waals surface area contributed by atoms with Gasteiger partial charge in [-0.1, -0.05) is 78.1 Å². The molecule has 1 aromatic carbocycles. The van der Waals surface area contributed by atoms with E-state index in [4.69, 9.17) is 14.2 Å². The average Bonchev–Trinajstić information content (AvgIpc) is 2.67. The van der Waals surface area contributed by atoms with Crippen molar-refractivity contribution in [3.63, 3.8) is 0 Å². The van der Waals surface area contributed by atoms with Gasteiger partial charge >= 0.3 is 0 Å². The van der Waals surface area contributed by atoms with Crippen LogP contribution >= 0.6 is 15.9 Å². The second kappa shape index (κ2) is 16.1. The number of benzene rings is 1. The number of methoxy groups -OCH3 is 1. The summed E-state index contributed by atoms with van der Waals surface area (Å²) in [6.45, 7) is 5.96. The Bertz CT molecular complexity index is 491. The summed E-state index contributed by atoms with van der Waals surface area (Å²) in [6.07, 6.45) is 15.1. The molecule has 0 saturated carbocycles. The molecular weight excluding hydrogens is 404 g/mol. The van der Waals surface area contributed by atoms with E-state index in [2.05, 4.69) is 29.8 Å². The SMILES string of the molecule is CCCCCCCCOc1cc(OC)c(OCCCCCCCC)cc1Br. The Balaban J connectivity index is 2.36. The minimum Gasteiger partial charge on any atom is -0.493 e. The fourth-order valence-corrected chi connectivity index (χ4v) is 3.47. The van der Waals surface area contributed by atoms with Gasteiger partial charge in [-0.2, -0.15) is 0 Å². The molecule has 0 aromatic heterocycles. The molecule has 0 aliphatic carbocycles. The highest BCUT2D eigenvalue weighted by molar-refractivity contribution is 9.10. The number of hydrogen-bond donors (Lipinski definition) is 0. The van der Waals surface area contributed by atoms with Crippen molar-refractivity contribution in [1.29, 1.82) is 0 Å². The smallest absolute Gasteiger partial charge is 0.164 e. The topological polar surface area (TPSA) is 27.7 Å². The van der Waals surface area contributed by atoms with Crippen LogP contribution in [0.15, 0.2) is 16.6 Å². The van der Waals surface area contributed by atoms with Gasteiger partial charge in [0.1, 0.15) is 5.75 Å². The van der Waals surface area contributed by atoms with Crippen LogP contribution in [0, 0.1) is 0 Å². The normalized spacial score (nSPS) is 10.8. The van der Waals surface area contributed by atoms with Crippen molar-refractivity contribution >= 4 is 15.9 Å². The summed E-state index contributed by atoms with van der Waals surface area (Å²) in [6, 6.07) is 3.89. The molecule has 27 heavy (non-hydrogen) atoms. The number of hydrogen-bond acceptors (Lipinski definition) is 3. The number of rotatable bonds is 17. The Morgan fingerprint density at radius 2 is 1.11 bits per heavy atom. The summed E-state index contributed by atoms with van der Waals surface area (Å²) in [7, 11) is 1.68. The highest BCUT2D eigenvalue weighted by atomic mass is 79.9. The van der Waals surface area contributed by atoms with E-state index in [1.165, 1.54) is 64.2 Å². The highest BCUT2D eigenvalue weighted by Gasteiger charge is 2.11. The van der Waals surface area contributed by atoms with Crippen molar-refractivity contribution in [3.05, 3.63) is 16.6 Å². The van der Waals surface area contributed by atoms with Crippen LogP contribution in [0.5, 0.6) is 17.2 Å². The second-order valence-corrected chi connectivity index (χ2v) is 8.02. The molecular formula is C23H39BrO3. The molecule has 0 N–H and O–H groups in total. The maximum absolute atomic E-state index is 5.94. The Kier molecular flexibility index (Phi) is 14.4. The third kappa shape index (κ3) is 10.9. The monoisotopic (exact) mass is 442 g/mol. The summed E-state index contributed by atoms with van der Waals surface area (Å²) in [4.78, 5) is 0. The van der Waals surface area contributed by atoms with E-state index < -0.39 is 0 Å². The second-order valence-electron chi connectivity index (χ2n) is 7.17. The maximum Gasteiger partial charge on any atom is 0.164 e. The van der Waals surface area contributed by atoms with E-state index in [1.807, 2.05) is 12.1 Å². The summed E-state index contributed by atoms with van der Waals surface area (Å²) < 4.78 is 18.3. The lowest BCUT2D eigenvalue weighted by Gasteiger charge is -2.15. The van der Waals surface area contributed by atoms with Crippen LogP contribution in [-0.2, 0) is 0 Å². The van der Waals surface area contributed by atoms with Crippen LogP contribution in [0.4, 0.5) is 0 Å². The molecule has 0 heterocycles. The van der Waals surface area contributed by atoms with Gasteiger partial charge in [0.05, 0.1) is 24.8 Å². The third-order valence-corrected chi connectivity index (χ3v) is 5.35. The first-order chi connectivity index (χ1) is 13.2. The van der Waals surface area contributed by atoms with Gasteiger partial charge in [-0.3, -0.25) is 0 Å². The van der Waals surface area contributed by atoms with Gasteiger partial charge in [-0.05, 0) is 28.8 Å². The van der Waals surface area contributed by atoms with E-state index in [1.54, 1.807) is 7.11 Å². The molecule has 0 unspecified atom stereocenters. The maximum atomic E-state index is 5.94. The molecule has 3 nitrogen and oxygen atoms in total. The average molecular weight is 443 g/mol. The minimum absolute atomic E-state index is 0.729. The molecule has 4 heteroatoms. The molecule has 0 bridgehead atoms. The van der Waals surface area contributed by atoms with Crippen molar-refractivity contribution in [3.8, 4) is 17.2 Å². The van der Waals surface area contributed by atoms with Gasteiger partial charge < -0.3 is 14.2 Å². The first-order valence-electron chi connectivity index (χ1n) is 10.9. The highest BCUT2D eigenvalue weighted by Crippen LogP contribution is 2.38. The van der Waals surface area contributed by atoms with E-state index >= 15 is 0 Å². The Hall–Kier alpha value is -0.900. The molecule has 0 amide bonds. The van der Waals surface area contributed by atoms with Crippen LogP contribution in [0.2, 0.25) is 0 Å². The number of ether oxygens (including phenoxy) is 3. The summed E-state index contributed by atoms with van der Waals surface area (Å²) >= 11 is 3.60. The summed E-state index contributed by atoms with van der Waals surface area (Å²) in [5.74, 6) is 2.35. The van der Waals surface area contributed by atoms with Gasteiger partial charge in [0.15, 0.2) is 11.5 Å². The lowest BCUT2D eigenvalue weighted by molar-refractivity contribution is 0.277. The van der Waals surface area contributed by atoms with Gasteiger partial charge in [-0.25, -0.2) is 0 Å². The van der Waals surface area contributed by atoms with Gasteiger partial charge in [0.25, 0.3) is 0 Å². The summed E-state index contributed by atoms with van der Waals surface area (Å²) in [5, 5.41) is 0. The third-order valence-electron chi connectivity index (χ3n) is 4.73. The fraction of sp³-hybridized carbons (Fsp3) is 0.739. The zero-order valence-electron chi connectivity index (χ0n) is 17.7.